The summed E-state index contributed by atoms with van der Waals surface area (Å²) >= 11 is 0. The second-order valence-electron chi connectivity index (χ2n) is 4.53. The number of nitrogens with two attached hydrogens (primary N) is 1. The van der Waals surface area contributed by atoms with Gasteiger partial charge >= 0.3 is 19.5 Å². The smallest absolute Gasteiger partial charge is 0.410 e. The maximum Gasteiger partial charge on any atom is 0.410 e. The van der Waals surface area contributed by atoms with Gasteiger partial charge in [-0.3, -0.25) is 4.79 Å². The van der Waals surface area contributed by atoms with Gasteiger partial charge in [-0.1, -0.05) is 25.1 Å². The first-order chi connectivity index (χ1) is 10.2. The highest BCUT2D eigenvalue weighted by molar-refractivity contribution is 7.57. The van der Waals surface area contributed by atoms with Crippen molar-refractivity contribution in [2.45, 2.75) is 25.0 Å². The van der Waals surface area contributed by atoms with Crippen LogP contribution in [0.25, 0.3) is 0 Å². The molecule has 0 saturated carbocycles. The molecule has 2 atom stereocenters. The summed E-state index contributed by atoms with van der Waals surface area (Å²) < 4.78 is 22.8. The van der Waals surface area contributed by atoms with Crippen LogP contribution in [0.1, 0.15) is 18.9 Å². The number of hydrogen-bond donors (Lipinski definition) is 3. The minimum Gasteiger partial charge on any atom is -0.481 e. The van der Waals surface area contributed by atoms with Crippen LogP contribution in [0.15, 0.2) is 24.3 Å². The predicted molar refractivity (Wildman–Crippen MR) is 77.9 cm³/mol. The summed E-state index contributed by atoms with van der Waals surface area (Å²) in [5, 5.41) is 15.9. The zero-order valence-electron chi connectivity index (χ0n) is 12.2. The average Bonchev–Trinajstić information content (AvgIpc) is 2.47. The van der Waals surface area contributed by atoms with Crippen LogP contribution in [-0.4, -0.2) is 34.5 Å². The molecule has 0 aliphatic rings. The number of benzene rings is 1. The topological polar surface area (TPSA) is 136 Å². The lowest BCUT2D eigenvalue weighted by Gasteiger charge is -2.31. The van der Waals surface area contributed by atoms with Crippen molar-refractivity contribution in [1.29, 1.82) is 0 Å². The van der Waals surface area contributed by atoms with E-state index in [9.17, 15) is 19.3 Å². The molecule has 9 heteroatoms. The van der Waals surface area contributed by atoms with Crippen LogP contribution in [0.2, 0.25) is 0 Å². The first kappa shape index (κ1) is 18.2. The first-order valence-electron chi connectivity index (χ1n) is 6.37. The quantitative estimate of drug-likeness (QED) is 0.612. The van der Waals surface area contributed by atoms with Gasteiger partial charge in [0, 0.05) is 12.7 Å². The molecule has 1 rings (SSSR count). The number of carboxylic acids is 2. The van der Waals surface area contributed by atoms with Crippen molar-refractivity contribution in [2.75, 3.05) is 7.11 Å². The molecule has 0 saturated heterocycles. The Kier molecular flexibility index (Phi) is 5.71. The molecular weight excluding hydrogens is 313 g/mol. The van der Waals surface area contributed by atoms with E-state index < -0.39 is 24.8 Å². The third-order valence-electron chi connectivity index (χ3n) is 3.17. The Morgan fingerprint density at radius 1 is 1.32 bits per heavy atom. The Hall–Kier alpha value is -1.89. The standard InChI is InChI=1S/C13H18NO7P/c1-3-13(14,12(17)18)22(19,20-2)21-10-7-5-4-6-9(10)8-11(15)16/h4-7H,3,8,14H2,1-2H3,(H,15,16)(H,17,18). The largest absolute Gasteiger partial charge is 0.481 e. The molecule has 4 N–H and O–H groups in total. The molecule has 0 spiro atoms. The van der Waals surface area contributed by atoms with Crippen molar-refractivity contribution in [1.82, 2.24) is 0 Å². The summed E-state index contributed by atoms with van der Waals surface area (Å²) in [5.74, 6) is -2.69. The number of para-hydroxylation sites is 1. The summed E-state index contributed by atoms with van der Waals surface area (Å²) in [6.45, 7) is 1.44. The third kappa shape index (κ3) is 3.47. The second-order valence-corrected chi connectivity index (χ2v) is 6.87. The molecule has 0 heterocycles. The fraction of sp³-hybridized carbons (Fsp3) is 0.385. The van der Waals surface area contributed by atoms with Gasteiger partial charge < -0.3 is 25.0 Å². The van der Waals surface area contributed by atoms with E-state index in [1.54, 1.807) is 6.07 Å². The summed E-state index contributed by atoms with van der Waals surface area (Å²) in [5.41, 5.74) is 5.93. The monoisotopic (exact) mass is 331 g/mol. The van der Waals surface area contributed by atoms with Crippen molar-refractivity contribution in [3.63, 3.8) is 0 Å². The van der Waals surface area contributed by atoms with Crippen LogP contribution >= 0.6 is 7.60 Å². The Balaban J connectivity index is 3.28. The fourth-order valence-electron chi connectivity index (χ4n) is 1.77. The van der Waals surface area contributed by atoms with Gasteiger partial charge in [0.2, 0.25) is 5.28 Å². The number of aliphatic carboxylic acids is 2. The molecule has 22 heavy (non-hydrogen) atoms. The Morgan fingerprint density at radius 2 is 1.91 bits per heavy atom. The van der Waals surface area contributed by atoms with Gasteiger partial charge in [-0.05, 0) is 12.5 Å². The Labute approximate surface area is 127 Å². The molecular formula is C13H18NO7P. The number of carboxylic acid groups (broad SMARTS) is 2. The highest BCUT2D eigenvalue weighted by Crippen LogP contribution is 2.58. The van der Waals surface area contributed by atoms with E-state index >= 15 is 0 Å². The van der Waals surface area contributed by atoms with E-state index in [0.717, 1.165) is 7.11 Å². The maximum absolute atomic E-state index is 12.8. The molecule has 0 fully saturated rings. The van der Waals surface area contributed by atoms with Crippen LogP contribution in [0.5, 0.6) is 5.75 Å². The molecule has 122 valence electrons. The molecule has 1 aromatic carbocycles. The van der Waals surface area contributed by atoms with Gasteiger partial charge in [-0.2, -0.15) is 0 Å². The van der Waals surface area contributed by atoms with E-state index in [1.807, 2.05) is 0 Å². The summed E-state index contributed by atoms with van der Waals surface area (Å²) in [6, 6.07) is 5.96. The molecule has 0 aliphatic heterocycles. The van der Waals surface area contributed by atoms with Crippen molar-refractivity contribution in [3.8, 4) is 5.75 Å². The van der Waals surface area contributed by atoms with E-state index in [0.29, 0.717) is 0 Å². The van der Waals surface area contributed by atoms with Crippen molar-refractivity contribution < 1.29 is 33.4 Å². The normalized spacial score (nSPS) is 16.3. The van der Waals surface area contributed by atoms with Gasteiger partial charge in [0.25, 0.3) is 0 Å². The Morgan fingerprint density at radius 3 is 2.36 bits per heavy atom. The van der Waals surface area contributed by atoms with E-state index in [4.69, 9.17) is 19.9 Å². The lowest BCUT2D eigenvalue weighted by Crippen LogP contribution is -2.48. The third-order valence-corrected chi connectivity index (χ3v) is 5.57. The van der Waals surface area contributed by atoms with Crippen LogP contribution < -0.4 is 10.3 Å². The van der Waals surface area contributed by atoms with Gasteiger partial charge in [-0.25, -0.2) is 9.36 Å². The summed E-state index contributed by atoms with van der Waals surface area (Å²) in [7, 11) is -3.26. The number of carbonyl (C=O) groups is 2. The Bertz CT molecular complexity index is 618. The molecule has 0 amide bonds. The second kappa shape index (κ2) is 6.91. The zero-order chi connectivity index (χ0) is 17.0. The average molecular weight is 331 g/mol. The lowest BCUT2D eigenvalue weighted by molar-refractivity contribution is -0.141. The lowest BCUT2D eigenvalue weighted by atomic mass is 10.1. The van der Waals surface area contributed by atoms with Crippen LogP contribution in [-0.2, 0) is 25.1 Å². The van der Waals surface area contributed by atoms with Gasteiger partial charge in [-0.15, -0.1) is 0 Å². The van der Waals surface area contributed by atoms with Gasteiger partial charge in [0.15, 0.2) is 0 Å². The highest BCUT2D eigenvalue weighted by Gasteiger charge is 2.54. The number of hydrogen-bond acceptors (Lipinski definition) is 6. The molecule has 0 aliphatic carbocycles. The minimum atomic E-state index is -4.29. The van der Waals surface area contributed by atoms with Crippen molar-refractivity contribution >= 4 is 19.5 Å². The van der Waals surface area contributed by atoms with Crippen molar-refractivity contribution in [2.24, 2.45) is 5.73 Å². The fourth-order valence-corrected chi connectivity index (χ4v) is 3.40. The van der Waals surface area contributed by atoms with Crippen molar-refractivity contribution in [3.05, 3.63) is 29.8 Å². The first-order valence-corrected chi connectivity index (χ1v) is 7.92. The number of rotatable bonds is 8. The van der Waals surface area contributed by atoms with E-state index in [2.05, 4.69) is 0 Å². The molecule has 8 nitrogen and oxygen atoms in total. The predicted octanol–water partition coefficient (Wildman–Crippen LogP) is 1.68. The SMILES string of the molecule is CCC(N)(C(=O)O)P(=O)(OC)Oc1ccccc1CC(=O)O. The molecule has 0 bridgehead atoms. The van der Waals surface area contributed by atoms with Gasteiger partial charge in [0.05, 0.1) is 6.42 Å². The van der Waals surface area contributed by atoms with Gasteiger partial charge in [0.1, 0.15) is 5.75 Å². The molecule has 0 radical (unpaired) electrons. The molecule has 0 aromatic heterocycles. The maximum atomic E-state index is 12.8. The van der Waals surface area contributed by atoms with Crippen LogP contribution in [0, 0.1) is 0 Å². The highest BCUT2D eigenvalue weighted by atomic mass is 31.2. The van der Waals surface area contributed by atoms with E-state index in [-0.39, 0.29) is 24.2 Å². The minimum absolute atomic E-state index is 0.0420. The zero-order valence-corrected chi connectivity index (χ0v) is 13.1. The summed E-state index contributed by atoms with van der Waals surface area (Å²) in [6.07, 6.45) is -0.578. The molecule has 1 aromatic rings. The van der Waals surface area contributed by atoms with Crippen LogP contribution in [0.4, 0.5) is 0 Å². The van der Waals surface area contributed by atoms with Crippen LogP contribution in [0.3, 0.4) is 0 Å². The van der Waals surface area contributed by atoms with E-state index in [1.165, 1.54) is 25.1 Å². The molecule has 2 unspecified atom stereocenters. The summed E-state index contributed by atoms with van der Waals surface area (Å²) in [4.78, 5) is 22.2.